The van der Waals surface area contributed by atoms with Gasteiger partial charge in [0, 0.05) is 17.8 Å². The number of nitrogens with zero attached hydrogens (tertiary/aromatic N) is 2. The summed E-state index contributed by atoms with van der Waals surface area (Å²) >= 11 is 0. The van der Waals surface area contributed by atoms with E-state index >= 15 is 0 Å². The molecule has 1 aromatic rings. The average Bonchev–Trinajstić information content (AvgIpc) is 2.15. The van der Waals surface area contributed by atoms with Crippen molar-refractivity contribution in [3.05, 3.63) is 24.5 Å². The van der Waals surface area contributed by atoms with Crippen molar-refractivity contribution in [2.45, 2.75) is 6.92 Å². The third kappa shape index (κ3) is 3.96. The van der Waals surface area contributed by atoms with E-state index in [-0.39, 0.29) is 24.9 Å². The molecule has 13 heavy (non-hydrogen) atoms. The highest BCUT2D eigenvalue weighted by atomic mass is 35.5. The van der Waals surface area contributed by atoms with Crippen LogP contribution in [0, 0.1) is 0 Å². The normalized spacial score (nSPS) is 9.00. The third-order valence-corrected chi connectivity index (χ3v) is 1.30. The molecule has 0 aliphatic rings. The fraction of sp³-hybridized carbons (Fsp3) is 0.375. The molecule has 0 aliphatic heterocycles. The van der Waals surface area contributed by atoms with Crippen molar-refractivity contribution < 1.29 is 26.6 Å². The van der Waals surface area contributed by atoms with Crippen molar-refractivity contribution in [3.8, 4) is 0 Å². The second-order valence-electron chi connectivity index (χ2n) is 2.17. The topological polar surface area (TPSA) is 43.1 Å². The van der Waals surface area contributed by atoms with Gasteiger partial charge in [-0.05, 0) is 17.7 Å². The lowest BCUT2D eigenvalue weighted by atomic mass is 10.5. The Labute approximate surface area is 82.9 Å². The molecular weight excluding hydrogens is 192 g/mol. The van der Waals surface area contributed by atoms with E-state index in [9.17, 15) is 4.79 Å². The van der Waals surface area contributed by atoms with Crippen LogP contribution in [0.4, 0.5) is 0 Å². The Morgan fingerprint density at radius 3 is 2.85 bits per heavy atom. The van der Waals surface area contributed by atoms with Gasteiger partial charge in [0.15, 0.2) is 6.61 Å². The van der Waals surface area contributed by atoms with E-state index in [1.54, 1.807) is 24.5 Å². The number of aromatic nitrogens is 2. The van der Waals surface area contributed by atoms with Crippen LogP contribution >= 0.6 is 0 Å². The first-order chi connectivity index (χ1) is 5.84. The average molecular weight is 203 g/mol. The molecule has 0 fully saturated rings. The summed E-state index contributed by atoms with van der Waals surface area (Å²) in [5, 5.41) is 3.82. The highest BCUT2D eigenvalue weighted by molar-refractivity contribution is 5.67. The Hall–Kier alpha value is -1.00. The van der Waals surface area contributed by atoms with Gasteiger partial charge < -0.3 is 17.1 Å². The monoisotopic (exact) mass is 202 g/mol. The van der Waals surface area contributed by atoms with Crippen molar-refractivity contribution in [3.63, 3.8) is 0 Å². The van der Waals surface area contributed by atoms with Crippen LogP contribution in [-0.4, -0.2) is 24.2 Å². The first-order valence-corrected chi connectivity index (χ1v) is 3.78. The van der Waals surface area contributed by atoms with Crippen molar-refractivity contribution in [2.75, 3.05) is 13.2 Å². The van der Waals surface area contributed by atoms with Crippen molar-refractivity contribution >= 4 is 5.91 Å². The van der Waals surface area contributed by atoms with Gasteiger partial charge in [-0.25, -0.2) is 4.79 Å². The molecule has 0 saturated carbocycles. The number of hydrogen-bond donors (Lipinski definition) is 0. The zero-order chi connectivity index (χ0) is 8.81. The lowest BCUT2D eigenvalue weighted by Gasteiger charge is -1.92. The summed E-state index contributed by atoms with van der Waals surface area (Å²) in [7, 11) is 0. The molecule has 0 spiro atoms. The molecular formula is C8H11ClN2O2. The Morgan fingerprint density at radius 2 is 2.31 bits per heavy atom. The van der Waals surface area contributed by atoms with E-state index in [0.717, 1.165) is 0 Å². The predicted molar refractivity (Wildman–Crippen MR) is 41.6 cm³/mol. The lowest BCUT2D eigenvalue weighted by Crippen LogP contribution is -3.00. The first-order valence-electron chi connectivity index (χ1n) is 3.78. The summed E-state index contributed by atoms with van der Waals surface area (Å²) < 4.78 is 6.20. The quantitative estimate of drug-likeness (QED) is 0.493. The summed E-state index contributed by atoms with van der Waals surface area (Å²) in [4.78, 5) is 11.2. The first kappa shape index (κ1) is 12.0. The Balaban J connectivity index is 0.00000144. The Bertz CT molecular complexity index is 254. The molecule has 0 atom stereocenters. The Kier molecular flexibility index (Phi) is 6.01. The molecule has 0 aromatic carbocycles. The van der Waals surface area contributed by atoms with Crippen LogP contribution in [-0.2, 0) is 4.74 Å². The van der Waals surface area contributed by atoms with Gasteiger partial charge in [-0.15, -0.1) is 0 Å². The van der Waals surface area contributed by atoms with Gasteiger partial charge in [0.25, 0.3) is 0 Å². The van der Waals surface area contributed by atoms with E-state index in [2.05, 4.69) is 5.10 Å². The molecule has 0 aliphatic carbocycles. The molecule has 72 valence electrons. The van der Waals surface area contributed by atoms with E-state index in [1.807, 2.05) is 6.92 Å². The highest BCUT2D eigenvalue weighted by Gasteiger charge is 2.14. The number of hydrogen-bond acceptors (Lipinski definition) is 3. The molecule has 0 unspecified atom stereocenters. The molecule has 1 heterocycles. The molecule has 0 bridgehead atoms. The van der Waals surface area contributed by atoms with E-state index in [1.165, 1.54) is 4.68 Å². The SMILES string of the molecule is CCOCC(=O)[n+]1ccccn1.[Cl-]. The van der Waals surface area contributed by atoms with Gasteiger partial charge in [-0.3, -0.25) is 0 Å². The minimum absolute atomic E-state index is 0. The maximum atomic E-state index is 11.2. The van der Waals surface area contributed by atoms with E-state index in [4.69, 9.17) is 4.74 Å². The van der Waals surface area contributed by atoms with E-state index < -0.39 is 0 Å². The minimum Gasteiger partial charge on any atom is -1.00 e. The summed E-state index contributed by atoms with van der Waals surface area (Å²) in [5.74, 6) is -0.155. The van der Waals surface area contributed by atoms with Crippen LogP contribution < -0.4 is 17.1 Å². The molecule has 1 aromatic heterocycles. The summed E-state index contributed by atoms with van der Waals surface area (Å²) in [6.45, 7) is 2.47. The maximum absolute atomic E-state index is 11.2. The zero-order valence-electron chi connectivity index (χ0n) is 7.31. The Morgan fingerprint density at radius 1 is 1.54 bits per heavy atom. The fourth-order valence-electron chi connectivity index (χ4n) is 0.733. The van der Waals surface area contributed by atoms with Crippen molar-refractivity contribution in [1.29, 1.82) is 0 Å². The second-order valence-corrected chi connectivity index (χ2v) is 2.17. The maximum Gasteiger partial charge on any atom is 0.442 e. The molecule has 0 radical (unpaired) electrons. The molecule has 5 heteroatoms. The van der Waals surface area contributed by atoms with Gasteiger partial charge in [-0.2, -0.15) is 0 Å². The van der Waals surface area contributed by atoms with Crippen molar-refractivity contribution in [1.82, 2.24) is 5.10 Å². The fourth-order valence-corrected chi connectivity index (χ4v) is 0.733. The van der Waals surface area contributed by atoms with E-state index in [0.29, 0.717) is 6.61 Å². The van der Waals surface area contributed by atoms with Gasteiger partial charge in [-0.1, -0.05) is 0 Å². The van der Waals surface area contributed by atoms with Crippen LogP contribution in [0.15, 0.2) is 24.5 Å². The van der Waals surface area contributed by atoms with Crippen LogP contribution in [0.25, 0.3) is 0 Å². The van der Waals surface area contributed by atoms with Gasteiger partial charge >= 0.3 is 5.91 Å². The largest absolute Gasteiger partial charge is 1.00 e. The van der Waals surface area contributed by atoms with Gasteiger partial charge in [0.2, 0.25) is 6.20 Å². The number of carbonyl (C=O) groups is 1. The summed E-state index contributed by atoms with van der Waals surface area (Å²) in [5.41, 5.74) is 0. The number of rotatable bonds is 3. The lowest BCUT2D eigenvalue weighted by molar-refractivity contribution is -0.638. The molecule has 4 nitrogen and oxygen atoms in total. The van der Waals surface area contributed by atoms with Gasteiger partial charge in [0.1, 0.15) is 0 Å². The second kappa shape index (κ2) is 6.51. The van der Waals surface area contributed by atoms with Crippen LogP contribution in [0.2, 0.25) is 0 Å². The number of halogens is 1. The smallest absolute Gasteiger partial charge is 0.442 e. The molecule has 0 amide bonds. The number of carbonyl (C=O) groups excluding carboxylic acids is 1. The summed E-state index contributed by atoms with van der Waals surface area (Å²) in [6.07, 6.45) is 3.16. The van der Waals surface area contributed by atoms with Gasteiger partial charge in [0.05, 0.1) is 6.20 Å². The summed E-state index contributed by atoms with van der Waals surface area (Å²) in [6, 6.07) is 3.50. The molecule has 1 rings (SSSR count). The number of ether oxygens (including phenoxy) is 1. The minimum atomic E-state index is -0.155. The van der Waals surface area contributed by atoms with Crippen LogP contribution in [0.5, 0.6) is 0 Å². The standard InChI is InChI=1S/C8H11N2O2.ClH/c1-2-12-7-8(11)10-6-4-3-5-9-10;/h3-6H,2,7H2,1H3;1H/q+1;/p-1. The highest BCUT2D eigenvalue weighted by Crippen LogP contribution is 1.75. The molecule has 0 N–H and O–H groups in total. The zero-order valence-corrected chi connectivity index (χ0v) is 8.07. The predicted octanol–water partition coefficient (Wildman–Crippen LogP) is -2.95. The van der Waals surface area contributed by atoms with Crippen molar-refractivity contribution in [2.24, 2.45) is 0 Å². The molecule has 0 saturated heterocycles. The third-order valence-electron chi connectivity index (χ3n) is 1.30. The van der Waals surface area contributed by atoms with Crippen LogP contribution in [0.3, 0.4) is 0 Å². The van der Waals surface area contributed by atoms with Crippen LogP contribution in [0.1, 0.15) is 11.7 Å².